The van der Waals surface area contributed by atoms with Crippen molar-refractivity contribution in [3.05, 3.63) is 0 Å². The summed E-state index contributed by atoms with van der Waals surface area (Å²) in [6.45, 7) is 2.88. The van der Waals surface area contributed by atoms with E-state index in [0.717, 1.165) is 19.3 Å². The summed E-state index contributed by atoms with van der Waals surface area (Å²) in [5, 5.41) is 0. The van der Waals surface area contributed by atoms with Crippen LogP contribution in [0.2, 0.25) is 0 Å². The number of hydrogen-bond acceptors (Lipinski definition) is 3. The van der Waals surface area contributed by atoms with Crippen LogP contribution in [0.3, 0.4) is 0 Å². The van der Waals surface area contributed by atoms with Gasteiger partial charge >= 0.3 is 0 Å². The van der Waals surface area contributed by atoms with Crippen molar-refractivity contribution in [1.29, 1.82) is 0 Å². The third-order valence-corrected chi connectivity index (χ3v) is 3.42. The monoisotopic (exact) mass is 228 g/mol. The molecule has 1 fully saturated rings. The van der Waals surface area contributed by atoms with Gasteiger partial charge in [0.15, 0.2) is 0 Å². The van der Waals surface area contributed by atoms with Crippen molar-refractivity contribution in [1.82, 2.24) is 4.90 Å². The summed E-state index contributed by atoms with van der Waals surface area (Å²) in [6, 6.07) is 0. The first-order valence-corrected chi connectivity index (χ1v) is 6.03. The molecule has 0 bridgehead atoms. The third-order valence-electron chi connectivity index (χ3n) is 3.42. The van der Waals surface area contributed by atoms with Gasteiger partial charge in [-0.15, -0.1) is 0 Å². The van der Waals surface area contributed by atoms with E-state index in [1.165, 1.54) is 6.42 Å². The Morgan fingerprint density at radius 2 is 2.25 bits per heavy atom. The fourth-order valence-electron chi connectivity index (χ4n) is 2.33. The third kappa shape index (κ3) is 3.46. The molecule has 94 valence electrons. The zero-order valence-electron chi connectivity index (χ0n) is 10.7. The average molecular weight is 228 g/mol. The summed E-state index contributed by atoms with van der Waals surface area (Å²) in [6.07, 6.45) is 4.35. The Morgan fingerprint density at radius 3 is 2.75 bits per heavy atom. The SMILES string of the molecule is CC1CCCC(CN)(OCC(=O)N(C)C)C1. The summed E-state index contributed by atoms with van der Waals surface area (Å²) < 4.78 is 5.80. The highest BCUT2D eigenvalue weighted by atomic mass is 16.5. The van der Waals surface area contributed by atoms with Gasteiger partial charge in [-0.3, -0.25) is 4.79 Å². The fraction of sp³-hybridized carbons (Fsp3) is 0.917. The number of carbonyl (C=O) groups excluding carboxylic acids is 1. The summed E-state index contributed by atoms with van der Waals surface area (Å²) >= 11 is 0. The number of likely N-dealkylation sites (N-methyl/N-ethyl adjacent to an activating group) is 1. The number of nitrogens with zero attached hydrogens (tertiary/aromatic N) is 1. The van der Waals surface area contributed by atoms with Crippen LogP contribution in [0.25, 0.3) is 0 Å². The zero-order valence-corrected chi connectivity index (χ0v) is 10.7. The van der Waals surface area contributed by atoms with Crippen LogP contribution < -0.4 is 5.73 Å². The Balaban J connectivity index is 2.50. The molecule has 0 radical (unpaired) electrons. The average Bonchev–Trinajstić information content (AvgIpc) is 2.26. The minimum Gasteiger partial charge on any atom is -0.364 e. The lowest BCUT2D eigenvalue weighted by Crippen LogP contribution is -2.46. The molecule has 2 unspecified atom stereocenters. The smallest absolute Gasteiger partial charge is 0.248 e. The molecule has 0 aromatic rings. The maximum Gasteiger partial charge on any atom is 0.248 e. The molecule has 0 spiro atoms. The molecule has 2 atom stereocenters. The van der Waals surface area contributed by atoms with Crippen molar-refractivity contribution in [3.8, 4) is 0 Å². The maximum absolute atomic E-state index is 11.5. The Labute approximate surface area is 98.1 Å². The normalized spacial score (nSPS) is 30.1. The summed E-state index contributed by atoms with van der Waals surface area (Å²) in [4.78, 5) is 13.0. The van der Waals surface area contributed by atoms with Crippen LogP contribution in [0.15, 0.2) is 0 Å². The van der Waals surface area contributed by atoms with Crippen molar-refractivity contribution >= 4 is 5.91 Å². The number of hydrogen-bond donors (Lipinski definition) is 1. The first-order chi connectivity index (χ1) is 7.49. The Hall–Kier alpha value is -0.610. The lowest BCUT2D eigenvalue weighted by atomic mass is 9.79. The van der Waals surface area contributed by atoms with Gasteiger partial charge in [0.25, 0.3) is 0 Å². The lowest BCUT2D eigenvalue weighted by Gasteiger charge is -2.39. The van der Waals surface area contributed by atoms with Crippen LogP contribution in [0.1, 0.15) is 32.6 Å². The van der Waals surface area contributed by atoms with E-state index in [4.69, 9.17) is 10.5 Å². The number of amides is 1. The van der Waals surface area contributed by atoms with Crippen LogP contribution in [-0.4, -0.2) is 43.7 Å². The molecule has 4 nitrogen and oxygen atoms in total. The molecule has 1 aliphatic rings. The molecular weight excluding hydrogens is 204 g/mol. The van der Waals surface area contributed by atoms with Gasteiger partial charge in [-0.25, -0.2) is 0 Å². The second-order valence-electron chi connectivity index (χ2n) is 5.17. The van der Waals surface area contributed by atoms with Gasteiger partial charge in [0, 0.05) is 20.6 Å². The van der Waals surface area contributed by atoms with Crippen molar-refractivity contribution < 1.29 is 9.53 Å². The number of ether oxygens (including phenoxy) is 1. The molecule has 2 N–H and O–H groups in total. The molecule has 0 saturated heterocycles. The van der Waals surface area contributed by atoms with E-state index in [9.17, 15) is 4.79 Å². The van der Waals surface area contributed by atoms with E-state index in [0.29, 0.717) is 12.5 Å². The second kappa shape index (κ2) is 5.64. The Morgan fingerprint density at radius 1 is 1.56 bits per heavy atom. The molecule has 0 heterocycles. The molecule has 1 amide bonds. The van der Waals surface area contributed by atoms with Crippen LogP contribution >= 0.6 is 0 Å². The largest absolute Gasteiger partial charge is 0.364 e. The van der Waals surface area contributed by atoms with Gasteiger partial charge in [-0.2, -0.15) is 0 Å². The van der Waals surface area contributed by atoms with Crippen LogP contribution in [0.5, 0.6) is 0 Å². The minimum absolute atomic E-state index is 0.00560. The highest BCUT2D eigenvalue weighted by molar-refractivity contribution is 5.76. The number of carbonyl (C=O) groups is 1. The van der Waals surface area contributed by atoms with E-state index in [1.54, 1.807) is 19.0 Å². The van der Waals surface area contributed by atoms with Crippen molar-refractivity contribution in [2.75, 3.05) is 27.2 Å². The number of rotatable bonds is 4. The molecule has 0 aromatic heterocycles. The lowest BCUT2D eigenvalue weighted by molar-refractivity contribution is -0.144. The molecule has 1 saturated carbocycles. The molecule has 1 rings (SSSR count). The molecule has 0 aromatic carbocycles. The second-order valence-corrected chi connectivity index (χ2v) is 5.17. The van der Waals surface area contributed by atoms with Crippen molar-refractivity contribution in [3.63, 3.8) is 0 Å². The Bertz CT molecular complexity index is 243. The molecule has 1 aliphatic carbocycles. The van der Waals surface area contributed by atoms with E-state index in [-0.39, 0.29) is 18.1 Å². The summed E-state index contributed by atoms with van der Waals surface area (Å²) in [5.41, 5.74) is 5.55. The first-order valence-electron chi connectivity index (χ1n) is 6.03. The number of nitrogens with two attached hydrogens (primary N) is 1. The minimum atomic E-state index is -0.261. The van der Waals surface area contributed by atoms with Gasteiger partial charge in [0.1, 0.15) is 6.61 Å². The van der Waals surface area contributed by atoms with Gasteiger partial charge in [0.05, 0.1) is 5.60 Å². The Kier molecular flexibility index (Phi) is 4.74. The maximum atomic E-state index is 11.5. The van der Waals surface area contributed by atoms with Gasteiger partial charge in [-0.1, -0.05) is 19.8 Å². The van der Waals surface area contributed by atoms with E-state index < -0.39 is 0 Å². The van der Waals surface area contributed by atoms with E-state index in [1.807, 2.05) is 0 Å². The zero-order chi connectivity index (χ0) is 12.2. The van der Waals surface area contributed by atoms with Crippen molar-refractivity contribution in [2.45, 2.75) is 38.2 Å². The van der Waals surface area contributed by atoms with Crippen LogP contribution in [-0.2, 0) is 9.53 Å². The standard InChI is InChI=1S/C12H24N2O2/c1-10-5-4-6-12(7-10,9-13)16-8-11(15)14(2)3/h10H,4-9,13H2,1-3H3. The molecule has 0 aliphatic heterocycles. The van der Waals surface area contributed by atoms with Crippen LogP contribution in [0, 0.1) is 5.92 Å². The highest BCUT2D eigenvalue weighted by Gasteiger charge is 2.35. The fourth-order valence-corrected chi connectivity index (χ4v) is 2.33. The van der Waals surface area contributed by atoms with E-state index in [2.05, 4.69) is 6.92 Å². The molecular formula is C12H24N2O2. The van der Waals surface area contributed by atoms with Crippen LogP contribution in [0.4, 0.5) is 0 Å². The van der Waals surface area contributed by atoms with E-state index >= 15 is 0 Å². The van der Waals surface area contributed by atoms with Gasteiger partial charge in [0.2, 0.25) is 5.91 Å². The quantitative estimate of drug-likeness (QED) is 0.781. The predicted molar refractivity (Wildman–Crippen MR) is 64.1 cm³/mol. The van der Waals surface area contributed by atoms with Gasteiger partial charge < -0.3 is 15.4 Å². The summed E-state index contributed by atoms with van der Waals surface area (Å²) in [7, 11) is 3.48. The van der Waals surface area contributed by atoms with Gasteiger partial charge in [-0.05, 0) is 18.8 Å². The molecule has 16 heavy (non-hydrogen) atoms. The predicted octanol–water partition coefficient (Wildman–Crippen LogP) is 0.999. The highest BCUT2D eigenvalue weighted by Crippen LogP contribution is 2.34. The molecule has 4 heteroatoms. The first kappa shape index (κ1) is 13.5. The van der Waals surface area contributed by atoms with Crippen molar-refractivity contribution in [2.24, 2.45) is 11.7 Å². The summed E-state index contributed by atoms with van der Waals surface area (Å²) in [5.74, 6) is 0.651. The topological polar surface area (TPSA) is 55.6 Å².